The van der Waals surface area contributed by atoms with Crippen molar-refractivity contribution in [2.24, 2.45) is 0 Å². The molecule has 0 spiro atoms. The minimum Gasteiger partial charge on any atom is -0.417 e. The molecule has 9 heteroatoms. The summed E-state index contributed by atoms with van der Waals surface area (Å²) in [5, 5.41) is 10.7. The van der Waals surface area contributed by atoms with Crippen LogP contribution in [0.15, 0.2) is 40.8 Å². The number of benzene rings is 2. The Labute approximate surface area is 203 Å². The molecule has 1 aromatic heterocycles. The molecule has 7 nitrogen and oxygen atoms in total. The number of hydrogen-bond donors (Lipinski definition) is 1. The van der Waals surface area contributed by atoms with Gasteiger partial charge in [-0.2, -0.15) is 0 Å². The lowest BCUT2D eigenvalue weighted by Crippen LogP contribution is -2.47. The number of anilines is 1. The van der Waals surface area contributed by atoms with Crippen molar-refractivity contribution in [3.8, 4) is 0 Å². The van der Waals surface area contributed by atoms with Gasteiger partial charge in [-0.25, -0.2) is 4.39 Å². The zero-order valence-electron chi connectivity index (χ0n) is 19.5. The van der Waals surface area contributed by atoms with Crippen molar-refractivity contribution < 1.29 is 13.6 Å². The molecule has 2 aromatic carbocycles. The molecular weight excluding hydrogens is 457 g/mol. The van der Waals surface area contributed by atoms with E-state index < -0.39 is 11.7 Å². The Bertz CT molecular complexity index is 1120. The van der Waals surface area contributed by atoms with Crippen LogP contribution >= 0.6 is 11.6 Å². The van der Waals surface area contributed by atoms with Gasteiger partial charge in [0.25, 0.3) is 0 Å². The van der Waals surface area contributed by atoms with Gasteiger partial charge in [0, 0.05) is 49.0 Å². The van der Waals surface area contributed by atoms with Crippen LogP contribution in [-0.2, 0) is 6.42 Å². The van der Waals surface area contributed by atoms with Crippen LogP contribution in [0.2, 0.25) is 5.02 Å². The molecule has 1 aliphatic rings. The molecule has 3 aromatic rings. The van der Waals surface area contributed by atoms with E-state index in [-0.39, 0.29) is 28.8 Å². The van der Waals surface area contributed by atoms with Gasteiger partial charge in [-0.15, -0.1) is 10.2 Å². The first-order chi connectivity index (χ1) is 16.4. The van der Waals surface area contributed by atoms with Crippen molar-refractivity contribution in [2.45, 2.75) is 26.7 Å². The molecule has 0 radical (unpaired) electrons. The summed E-state index contributed by atoms with van der Waals surface area (Å²) in [6.45, 7) is 9.67. The third-order valence-electron chi connectivity index (χ3n) is 6.07. The maximum absolute atomic E-state index is 13.9. The highest BCUT2D eigenvalue weighted by atomic mass is 35.5. The number of rotatable bonds is 8. The van der Waals surface area contributed by atoms with Gasteiger partial charge >= 0.3 is 11.8 Å². The van der Waals surface area contributed by atoms with Crippen LogP contribution in [0.25, 0.3) is 0 Å². The van der Waals surface area contributed by atoms with Crippen molar-refractivity contribution in [3.05, 3.63) is 75.7 Å². The fourth-order valence-corrected chi connectivity index (χ4v) is 4.35. The maximum atomic E-state index is 13.9. The van der Waals surface area contributed by atoms with E-state index in [1.165, 1.54) is 28.9 Å². The normalized spacial score (nSPS) is 14.4. The minimum absolute atomic E-state index is 0.0276. The van der Waals surface area contributed by atoms with Crippen LogP contribution in [0.4, 0.5) is 10.1 Å². The standard InChI is InChI=1S/C25H29ClFN5O2/c1-17-7-8-18(2)22(15-17)32-13-11-31(12-14-32)10-4-9-28-24(33)25-30-29-23(34-25)16-19-20(26)5-3-6-21(19)27/h3,5-8,15H,4,9-14,16H2,1-2H3,(H,28,33). The molecule has 1 amide bonds. The van der Waals surface area contributed by atoms with Crippen LogP contribution in [-0.4, -0.2) is 60.3 Å². The van der Waals surface area contributed by atoms with Crippen molar-refractivity contribution in [1.29, 1.82) is 0 Å². The number of halogens is 2. The summed E-state index contributed by atoms with van der Waals surface area (Å²) < 4.78 is 19.3. The number of hydrogen-bond acceptors (Lipinski definition) is 6. The quantitative estimate of drug-likeness (QED) is 0.486. The lowest BCUT2D eigenvalue weighted by Gasteiger charge is -2.37. The molecule has 180 valence electrons. The molecule has 0 atom stereocenters. The van der Waals surface area contributed by atoms with E-state index in [4.69, 9.17) is 16.0 Å². The van der Waals surface area contributed by atoms with E-state index >= 15 is 0 Å². The largest absolute Gasteiger partial charge is 0.417 e. The maximum Gasteiger partial charge on any atom is 0.308 e. The predicted molar refractivity (Wildman–Crippen MR) is 130 cm³/mol. The van der Waals surface area contributed by atoms with Gasteiger partial charge in [-0.1, -0.05) is 29.8 Å². The van der Waals surface area contributed by atoms with E-state index in [0.29, 0.717) is 6.54 Å². The molecule has 1 saturated heterocycles. The minimum atomic E-state index is -0.452. The average Bonchev–Trinajstić information content (AvgIpc) is 3.30. The van der Waals surface area contributed by atoms with E-state index in [1.807, 2.05) is 0 Å². The average molecular weight is 486 g/mol. The summed E-state index contributed by atoms with van der Waals surface area (Å²) in [7, 11) is 0. The second-order valence-electron chi connectivity index (χ2n) is 8.61. The summed E-state index contributed by atoms with van der Waals surface area (Å²) in [4.78, 5) is 17.2. The zero-order valence-corrected chi connectivity index (χ0v) is 20.2. The molecule has 0 aliphatic carbocycles. The molecule has 1 N–H and O–H groups in total. The Morgan fingerprint density at radius 3 is 2.71 bits per heavy atom. The Morgan fingerprint density at radius 1 is 1.15 bits per heavy atom. The van der Waals surface area contributed by atoms with E-state index in [2.05, 4.69) is 57.4 Å². The third-order valence-corrected chi connectivity index (χ3v) is 6.42. The van der Waals surface area contributed by atoms with E-state index in [1.54, 1.807) is 6.07 Å². The van der Waals surface area contributed by atoms with Gasteiger partial charge < -0.3 is 14.6 Å². The summed E-state index contributed by atoms with van der Waals surface area (Å²) in [5.74, 6) is -0.881. The Hall–Kier alpha value is -2.97. The lowest BCUT2D eigenvalue weighted by atomic mass is 10.1. The van der Waals surface area contributed by atoms with Gasteiger partial charge in [0.05, 0.1) is 6.42 Å². The van der Waals surface area contributed by atoms with Gasteiger partial charge in [-0.05, 0) is 56.1 Å². The van der Waals surface area contributed by atoms with Crippen molar-refractivity contribution in [1.82, 2.24) is 20.4 Å². The highest BCUT2D eigenvalue weighted by molar-refractivity contribution is 6.31. The Kier molecular flexibility index (Phi) is 7.80. The molecule has 0 bridgehead atoms. The van der Waals surface area contributed by atoms with Crippen LogP contribution in [0.3, 0.4) is 0 Å². The van der Waals surface area contributed by atoms with Crippen molar-refractivity contribution >= 4 is 23.2 Å². The smallest absolute Gasteiger partial charge is 0.308 e. The molecular formula is C25H29ClFN5O2. The lowest BCUT2D eigenvalue weighted by molar-refractivity contribution is 0.0915. The molecule has 4 rings (SSSR count). The number of aryl methyl sites for hydroxylation is 2. The predicted octanol–water partition coefficient (Wildman–Crippen LogP) is 4.01. The fourth-order valence-electron chi connectivity index (χ4n) is 4.12. The first-order valence-corrected chi connectivity index (χ1v) is 11.9. The third kappa shape index (κ3) is 5.93. The van der Waals surface area contributed by atoms with Gasteiger partial charge in [0.2, 0.25) is 5.89 Å². The summed E-state index contributed by atoms with van der Waals surface area (Å²) >= 11 is 6.03. The molecule has 1 aliphatic heterocycles. The first kappa shape index (κ1) is 24.2. The number of aromatic nitrogens is 2. The van der Waals surface area contributed by atoms with Gasteiger partial charge in [0.1, 0.15) is 5.82 Å². The fraction of sp³-hybridized carbons (Fsp3) is 0.400. The zero-order chi connectivity index (χ0) is 24.1. The molecule has 1 fully saturated rings. The van der Waals surface area contributed by atoms with Crippen LogP contribution in [0, 0.1) is 19.7 Å². The monoisotopic (exact) mass is 485 g/mol. The molecule has 0 saturated carbocycles. The topological polar surface area (TPSA) is 74.5 Å². The SMILES string of the molecule is Cc1ccc(C)c(N2CCN(CCCNC(=O)c3nnc(Cc4c(F)cccc4Cl)o3)CC2)c1. The number of carbonyl (C=O) groups is 1. The first-order valence-electron chi connectivity index (χ1n) is 11.5. The van der Waals surface area contributed by atoms with Crippen LogP contribution < -0.4 is 10.2 Å². The highest BCUT2D eigenvalue weighted by Crippen LogP contribution is 2.23. The molecule has 2 heterocycles. The summed E-state index contributed by atoms with van der Waals surface area (Å²) in [6.07, 6.45) is 0.848. The van der Waals surface area contributed by atoms with E-state index in [9.17, 15) is 9.18 Å². The molecule has 34 heavy (non-hydrogen) atoms. The van der Waals surface area contributed by atoms with Crippen LogP contribution in [0.5, 0.6) is 0 Å². The number of nitrogens with zero attached hydrogens (tertiary/aromatic N) is 4. The second-order valence-corrected chi connectivity index (χ2v) is 9.01. The Morgan fingerprint density at radius 2 is 1.94 bits per heavy atom. The highest BCUT2D eigenvalue weighted by Gasteiger charge is 2.19. The van der Waals surface area contributed by atoms with Crippen molar-refractivity contribution in [2.75, 3.05) is 44.2 Å². The number of carbonyl (C=O) groups excluding carboxylic acids is 1. The summed E-state index contributed by atoms with van der Waals surface area (Å²) in [6, 6.07) is 11.0. The van der Waals surface area contributed by atoms with E-state index in [0.717, 1.165) is 39.1 Å². The Balaban J connectivity index is 1.19. The second kappa shape index (κ2) is 11.0. The van der Waals surface area contributed by atoms with Crippen molar-refractivity contribution in [3.63, 3.8) is 0 Å². The number of nitrogens with one attached hydrogen (secondary N) is 1. The number of piperazine rings is 1. The van der Waals surface area contributed by atoms with Gasteiger partial charge in [0.15, 0.2) is 0 Å². The van der Waals surface area contributed by atoms with Gasteiger partial charge in [-0.3, -0.25) is 9.69 Å². The molecule has 0 unspecified atom stereocenters. The number of amides is 1. The van der Waals surface area contributed by atoms with Crippen LogP contribution in [0.1, 0.15) is 39.7 Å². The summed E-state index contributed by atoms with van der Waals surface area (Å²) in [5.41, 5.74) is 4.17.